The average molecular weight is 283 g/mol. The van der Waals surface area contributed by atoms with Gasteiger partial charge >= 0.3 is 7.12 Å². The van der Waals surface area contributed by atoms with E-state index in [-0.39, 0.29) is 5.46 Å². The highest BCUT2D eigenvalue weighted by molar-refractivity contribution is 6.58. The highest BCUT2D eigenvalue weighted by Gasteiger charge is 2.17. The molecule has 0 radical (unpaired) electrons. The van der Waals surface area contributed by atoms with Gasteiger partial charge in [-0.2, -0.15) is 0 Å². The largest absolute Gasteiger partial charge is 0.491 e. The molecular weight excluding hydrogens is 272 g/mol. The van der Waals surface area contributed by atoms with Crippen LogP contribution >= 0.6 is 0 Å². The van der Waals surface area contributed by atoms with Gasteiger partial charge in [0.2, 0.25) is 0 Å². The Labute approximate surface area is 120 Å². The molecule has 2 N–H and O–H groups in total. The quantitative estimate of drug-likeness (QED) is 0.696. The van der Waals surface area contributed by atoms with Crippen LogP contribution in [0.4, 0.5) is 4.39 Å². The third-order valence-corrected chi connectivity index (χ3v) is 3.09. The second-order valence-corrected chi connectivity index (χ2v) is 4.49. The van der Waals surface area contributed by atoms with Gasteiger partial charge in [-0.05, 0) is 12.1 Å². The molecule has 104 valence electrons. The maximum atomic E-state index is 13.7. The summed E-state index contributed by atoms with van der Waals surface area (Å²) < 4.78 is 15.2. The zero-order valence-electron chi connectivity index (χ0n) is 10.9. The fourth-order valence-corrected chi connectivity index (χ4v) is 2.00. The molecule has 3 aromatic rings. The molecule has 5 nitrogen and oxygen atoms in total. The van der Waals surface area contributed by atoms with Gasteiger partial charge in [-0.15, -0.1) is 5.10 Å². The molecule has 0 bridgehead atoms. The lowest BCUT2D eigenvalue weighted by Crippen LogP contribution is -2.32. The lowest BCUT2D eigenvalue weighted by molar-refractivity contribution is 0.423. The number of aromatic nitrogens is 3. The van der Waals surface area contributed by atoms with E-state index in [9.17, 15) is 4.39 Å². The molecule has 7 heteroatoms. The molecule has 1 aromatic heterocycles. The summed E-state index contributed by atoms with van der Waals surface area (Å²) in [6.45, 7) is 0. The number of nitrogens with zero attached hydrogens (tertiary/aromatic N) is 3. The highest BCUT2D eigenvalue weighted by atomic mass is 19.1. The Morgan fingerprint density at radius 3 is 2.48 bits per heavy atom. The summed E-state index contributed by atoms with van der Waals surface area (Å²) in [5.41, 5.74) is 1.85. The van der Waals surface area contributed by atoms with Crippen LogP contribution in [0.3, 0.4) is 0 Å². The minimum atomic E-state index is -1.84. The molecule has 0 unspecified atom stereocenters. The first-order valence-electron chi connectivity index (χ1n) is 6.29. The standard InChI is InChI=1S/C14H11BFN3O2/c16-13-8-11(6-7-12(13)15(20)21)19-9-14(17-18-19)10-4-2-1-3-5-10/h1-9,20-21H. The van der Waals surface area contributed by atoms with E-state index in [1.54, 1.807) is 12.3 Å². The van der Waals surface area contributed by atoms with Crippen molar-refractivity contribution >= 4 is 12.6 Å². The molecule has 0 aliphatic carbocycles. The summed E-state index contributed by atoms with van der Waals surface area (Å²) in [6.07, 6.45) is 1.68. The van der Waals surface area contributed by atoms with Crippen molar-refractivity contribution in [2.24, 2.45) is 0 Å². The predicted molar refractivity (Wildman–Crippen MR) is 76.6 cm³/mol. The zero-order chi connectivity index (χ0) is 14.8. The van der Waals surface area contributed by atoms with E-state index in [1.165, 1.54) is 16.8 Å². The maximum absolute atomic E-state index is 13.7. The van der Waals surface area contributed by atoms with Gasteiger partial charge in [-0.25, -0.2) is 9.07 Å². The molecule has 0 spiro atoms. The van der Waals surface area contributed by atoms with Crippen LogP contribution in [0, 0.1) is 5.82 Å². The van der Waals surface area contributed by atoms with Gasteiger partial charge in [0.1, 0.15) is 11.5 Å². The second kappa shape index (κ2) is 5.47. The van der Waals surface area contributed by atoms with E-state index >= 15 is 0 Å². The lowest BCUT2D eigenvalue weighted by Gasteiger charge is -2.04. The smallest absolute Gasteiger partial charge is 0.423 e. The fourth-order valence-electron chi connectivity index (χ4n) is 2.00. The Balaban J connectivity index is 1.95. The Bertz CT molecular complexity index is 762. The van der Waals surface area contributed by atoms with Crippen molar-refractivity contribution in [3.8, 4) is 16.9 Å². The molecule has 1 heterocycles. The van der Waals surface area contributed by atoms with Crippen LogP contribution in [0.25, 0.3) is 16.9 Å². The van der Waals surface area contributed by atoms with Crippen molar-refractivity contribution in [3.63, 3.8) is 0 Å². The third kappa shape index (κ3) is 2.69. The summed E-state index contributed by atoms with van der Waals surface area (Å²) in [5, 5.41) is 26.0. The van der Waals surface area contributed by atoms with Crippen LogP contribution in [0.5, 0.6) is 0 Å². The number of hydrogen-bond donors (Lipinski definition) is 2. The van der Waals surface area contributed by atoms with Crippen molar-refractivity contribution in [3.05, 3.63) is 60.5 Å². The molecule has 0 atom stereocenters. The average Bonchev–Trinajstić information content (AvgIpc) is 2.97. The Kier molecular flexibility index (Phi) is 3.51. The molecule has 0 aliphatic heterocycles. The monoisotopic (exact) mass is 283 g/mol. The number of rotatable bonds is 3. The minimum Gasteiger partial charge on any atom is -0.423 e. The Hall–Kier alpha value is -2.51. The van der Waals surface area contributed by atoms with Crippen LogP contribution in [0.2, 0.25) is 0 Å². The summed E-state index contributed by atoms with van der Waals surface area (Å²) in [7, 11) is -1.84. The van der Waals surface area contributed by atoms with Gasteiger partial charge in [0.05, 0.1) is 11.9 Å². The fraction of sp³-hybridized carbons (Fsp3) is 0. The zero-order valence-corrected chi connectivity index (χ0v) is 10.9. The van der Waals surface area contributed by atoms with Gasteiger partial charge in [0, 0.05) is 11.0 Å². The summed E-state index contributed by atoms with van der Waals surface area (Å²) in [5.74, 6) is -0.709. The summed E-state index contributed by atoms with van der Waals surface area (Å²) >= 11 is 0. The first-order chi connectivity index (χ1) is 10.1. The van der Waals surface area contributed by atoms with Crippen LogP contribution < -0.4 is 5.46 Å². The molecular formula is C14H11BFN3O2. The molecule has 0 fully saturated rings. The van der Waals surface area contributed by atoms with E-state index < -0.39 is 12.9 Å². The van der Waals surface area contributed by atoms with Gasteiger partial charge in [-0.3, -0.25) is 0 Å². The van der Waals surface area contributed by atoms with Gasteiger partial charge in [-0.1, -0.05) is 41.6 Å². The molecule has 0 aliphatic rings. The van der Waals surface area contributed by atoms with Crippen molar-refractivity contribution < 1.29 is 14.4 Å². The molecule has 3 rings (SSSR count). The van der Waals surface area contributed by atoms with E-state index in [0.717, 1.165) is 5.56 Å². The summed E-state index contributed by atoms with van der Waals surface area (Å²) in [6, 6.07) is 13.5. The molecule has 21 heavy (non-hydrogen) atoms. The van der Waals surface area contributed by atoms with Crippen molar-refractivity contribution in [2.75, 3.05) is 0 Å². The molecule has 0 saturated carbocycles. The van der Waals surface area contributed by atoms with E-state index in [4.69, 9.17) is 10.0 Å². The van der Waals surface area contributed by atoms with Gasteiger partial charge in [0.15, 0.2) is 0 Å². The van der Waals surface area contributed by atoms with Crippen molar-refractivity contribution in [1.29, 1.82) is 0 Å². The maximum Gasteiger partial charge on any atom is 0.491 e. The van der Waals surface area contributed by atoms with Gasteiger partial charge in [0.25, 0.3) is 0 Å². The first-order valence-corrected chi connectivity index (χ1v) is 6.29. The number of hydrogen-bond acceptors (Lipinski definition) is 4. The molecule has 0 amide bonds. The van der Waals surface area contributed by atoms with Crippen LogP contribution in [-0.2, 0) is 0 Å². The Morgan fingerprint density at radius 1 is 1.05 bits per heavy atom. The molecule has 2 aromatic carbocycles. The normalized spacial score (nSPS) is 10.6. The van der Waals surface area contributed by atoms with Gasteiger partial charge < -0.3 is 10.0 Å². The number of benzene rings is 2. The second-order valence-electron chi connectivity index (χ2n) is 4.49. The molecule has 0 saturated heterocycles. The van der Waals surface area contributed by atoms with Crippen LogP contribution in [-0.4, -0.2) is 32.2 Å². The summed E-state index contributed by atoms with van der Waals surface area (Å²) in [4.78, 5) is 0. The van der Waals surface area contributed by atoms with E-state index in [1.807, 2.05) is 30.3 Å². The predicted octanol–water partition coefficient (Wildman–Crippen LogP) is 0.753. The number of halogens is 1. The highest BCUT2D eigenvalue weighted by Crippen LogP contribution is 2.17. The minimum absolute atomic E-state index is 0.179. The van der Waals surface area contributed by atoms with Crippen LogP contribution in [0.15, 0.2) is 54.7 Å². The Morgan fingerprint density at radius 2 is 1.81 bits per heavy atom. The van der Waals surface area contributed by atoms with Crippen LogP contribution in [0.1, 0.15) is 0 Å². The van der Waals surface area contributed by atoms with E-state index in [2.05, 4.69) is 10.3 Å². The first kappa shape index (κ1) is 13.5. The lowest BCUT2D eigenvalue weighted by atomic mass is 9.80. The SMILES string of the molecule is OB(O)c1ccc(-n2cc(-c3ccccc3)nn2)cc1F. The topological polar surface area (TPSA) is 71.2 Å². The third-order valence-electron chi connectivity index (χ3n) is 3.09. The van der Waals surface area contributed by atoms with Crippen molar-refractivity contribution in [1.82, 2.24) is 15.0 Å². The van der Waals surface area contributed by atoms with Crippen molar-refractivity contribution in [2.45, 2.75) is 0 Å². The van der Waals surface area contributed by atoms with E-state index in [0.29, 0.717) is 11.4 Å².